The first kappa shape index (κ1) is 22.4. The second-order valence-electron chi connectivity index (χ2n) is 8.22. The fourth-order valence-electron chi connectivity index (χ4n) is 3.07. The molecule has 0 bridgehead atoms. The lowest BCUT2D eigenvalue weighted by atomic mass is 9.82. The van der Waals surface area contributed by atoms with Crippen molar-refractivity contribution in [1.82, 2.24) is 10.0 Å². The second kappa shape index (κ2) is 8.86. The summed E-state index contributed by atoms with van der Waals surface area (Å²) in [6, 6.07) is 6.19. The Kier molecular flexibility index (Phi) is 7.65. The van der Waals surface area contributed by atoms with Crippen LogP contribution >= 0.6 is 0 Å². The van der Waals surface area contributed by atoms with Crippen LogP contribution in [0.3, 0.4) is 0 Å². The number of amides is 1. The molecule has 0 radical (unpaired) electrons. The van der Waals surface area contributed by atoms with Gasteiger partial charge in [0.25, 0.3) is 0 Å². The highest BCUT2D eigenvalue weighted by molar-refractivity contribution is 7.89. The normalized spacial score (nSPS) is 12.7. The van der Waals surface area contributed by atoms with Gasteiger partial charge in [0, 0.05) is 18.5 Å². The van der Waals surface area contributed by atoms with E-state index in [0.29, 0.717) is 12.4 Å². The van der Waals surface area contributed by atoms with E-state index in [2.05, 4.69) is 30.8 Å². The number of carbonyl (C=O) groups excluding carboxylic acids is 1. The van der Waals surface area contributed by atoms with Crippen molar-refractivity contribution in [3.8, 4) is 5.75 Å². The van der Waals surface area contributed by atoms with Crippen LogP contribution in [0.1, 0.15) is 54.4 Å². The summed E-state index contributed by atoms with van der Waals surface area (Å²) >= 11 is 0. The van der Waals surface area contributed by atoms with Gasteiger partial charge >= 0.3 is 0 Å². The molecule has 6 nitrogen and oxygen atoms in total. The average Bonchev–Trinajstić information content (AvgIpc) is 2.44. The van der Waals surface area contributed by atoms with E-state index in [1.165, 1.54) is 12.1 Å². The highest BCUT2D eigenvalue weighted by Crippen LogP contribution is 2.26. The monoisotopic (exact) mass is 384 g/mol. The van der Waals surface area contributed by atoms with E-state index in [0.717, 1.165) is 6.42 Å². The number of rotatable bonds is 9. The standard InChI is InChI=1S/C19H32N2O4S/c1-7-25-15-8-10-16(11-9-15)26(23,24)20-13-12-17(22)21-19(5,6)14-18(2,3)4/h8-11,20H,7,12-14H2,1-6H3,(H,21,22). The molecule has 0 saturated heterocycles. The molecule has 0 saturated carbocycles. The fourth-order valence-corrected chi connectivity index (χ4v) is 4.11. The largest absolute Gasteiger partial charge is 0.494 e. The lowest BCUT2D eigenvalue weighted by Crippen LogP contribution is -2.46. The van der Waals surface area contributed by atoms with Gasteiger partial charge in [0.05, 0.1) is 11.5 Å². The molecular weight excluding hydrogens is 352 g/mol. The minimum atomic E-state index is -3.65. The predicted molar refractivity (Wildman–Crippen MR) is 104 cm³/mol. The highest BCUT2D eigenvalue weighted by atomic mass is 32.2. The van der Waals surface area contributed by atoms with Crippen LogP contribution in [-0.2, 0) is 14.8 Å². The third kappa shape index (κ3) is 8.19. The van der Waals surface area contributed by atoms with Gasteiger partial charge in [-0.15, -0.1) is 0 Å². The number of hydrogen-bond donors (Lipinski definition) is 2. The van der Waals surface area contributed by atoms with E-state index in [1.807, 2.05) is 20.8 Å². The zero-order chi connectivity index (χ0) is 20.0. The van der Waals surface area contributed by atoms with Crippen molar-refractivity contribution < 1.29 is 17.9 Å². The van der Waals surface area contributed by atoms with Gasteiger partial charge < -0.3 is 10.1 Å². The minimum Gasteiger partial charge on any atom is -0.494 e. The van der Waals surface area contributed by atoms with Crippen LogP contribution in [0.4, 0.5) is 0 Å². The Labute approximate surface area is 157 Å². The zero-order valence-corrected chi connectivity index (χ0v) is 17.5. The summed E-state index contributed by atoms with van der Waals surface area (Å²) in [5, 5.41) is 2.97. The number of hydrogen-bond acceptors (Lipinski definition) is 4. The molecule has 2 N–H and O–H groups in total. The summed E-state index contributed by atoms with van der Waals surface area (Å²) in [7, 11) is -3.65. The molecule has 0 aromatic heterocycles. The maximum atomic E-state index is 12.3. The van der Waals surface area contributed by atoms with E-state index in [9.17, 15) is 13.2 Å². The molecule has 0 spiro atoms. The van der Waals surface area contributed by atoms with Gasteiger partial charge in [-0.2, -0.15) is 0 Å². The van der Waals surface area contributed by atoms with Gasteiger partial charge in [0.1, 0.15) is 5.75 Å². The molecule has 7 heteroatoms. The van der Waals surface area contributed by atoms with Crippen molar-refractivity contribution in [2.24, 2.45) is 5.41 Å². The van der Waals surface area contributed by atoms with Crippen LogP contribution in [0.15, 0.2) is 29.2 Å². The first-order valence-electron chi connectivity index (χ1n) is 8.88. The summed E-state index contributed by atoms with van der Waals surface area (Å²) in [5.41, 5.74) is -0.255. The van der Waals surface area contributed by atoms with Crippen LogP contribution in [0.5, 0.6) is 5.75 Å². The lowest BCUT2D eigenvalue weighted by molar-refractivity contribution is -0.122. The Hall–Kier alpha value is -1.60. The molecule has 148 valence electrons. The molecule has 0 aliphatic rings. The number of sulfonamides is 1. The number of carbonyl (C=O) groups is 1. The SMILES string of the molecule is CCOc1ccc(S(=O)(=O)NCCC(=O)NC(C)(C)CC(C)(C)C)cc1. The fraction of sp³-hybridized carbons (Fsp3) is 0.632. The zero-order valence-electron chi connectivity index (χ0n) is 16.7. The van der Waals surface area contributed by atoms with Crippen LogP contribution in [0.25, 0.3) is 0 Å². The molecule has 0 atom stereocenters. The Bertz CT molecular complexity index is 689. The summed E-state index contributed by atoms with van der Waals surface area (Å²) in [6.45, 7) is 12.7. The van der Waals surface area contributed by atoms with E-state index >= 15 is 0 Å². The topological polar surface area (TPSA) is 84.5 Å². The summed E-state index contributed by atoms with van der Waals surface area (Å²) in [5.74, 6) is 0.445. The Morgan fingerprint density at radius 1 is 1.08 bits per heavy atom. The second-order valence-corrected chi connectivity index (χ2v) is 9.99. The van der Waals surface area contributed by atoms with Gasteiger partial charge in [-0.05, 0) is 56.9 Å². The molecule has 0 aliphatic heterocycles. The average molecular weight is 385 g/mol. The predicted octanol–water partition coefficient (Wildman–Crippen LogP) is 3.08. The molecule has 0 heterocycles. The van der Waals surface area contributed by atoms with Gasteiger partial charge in [-0.25, -0.2) is 13.1 Å². The van der Waals surface area contributed by atoms with E-state index in [-0.39, 0.29) is 34.7 Å². The Balaban J connectivity index is 2.54. The number of nitrogens with one attached hydrogen (secondary N) is 2. The van der Waals surface area contributed by atoms with Crippen molar-refractivity contribution in [3.63, 3.8) is 0 Å². The number of benzene rings is 1. The van der Waals surface area contributed by atoms with Crippen molar-refractivity contribution in [3.05, 3.63) is 24.3 Å². The maximum Gasteiger partial charge on any atom is 0.240 e. The van der Waals surface area contributed by atoms with Gasteiger partial charge in [-0.1, -0.05) is 20.8 Å². The number of ether oxygens (including phenoxy) is 1. The van der Waals surface area contributed by atoms with E-state index in [4.69, 9.17) is 4.74 Å². The van der Waals surface area contributed by atoms with Crippen molar-refractivity contribution in [2.75, 3.05) is 13.2 Å². The quantitative estimate of drug-likeness (QED) is 0.685. The Morgan fingerprint density at radius 2 is 1.65 bits per heavy atom. The molecule has 0 unspecified atom stereocenters. The molecular formula is C19H32N2O4S. The first-order valence-corrected chi connectivity index (χ1v) is 10.4. The summed E-state index contributed by atoms with van der Waals surface area (Å²) in [6.07, 6.45) is 0.910. The van der Waals surface area contributed by atoms with Crippen LogP contribution < -0.4 is 14.8 Å². The minimum absolute atomic E-state index is 0.0486. The maximum absolute atomic E-state index is 12.3. The lowest BCUT2D eigenvalue weighted by Gasteiger charge is -2.33. The molecule has 0 aliphatic carbocycles. The molecule has 26 heavy (non-hydrogen) atoms. The van der Waals surface area contributed by atoms with Crippen molar-refractivity contribution in [1.29, 1.82) is 0 Å². The Morgan fingerprint density at radius 3 is 2.15 bits per heavy atom. The molecule has 1 aromatic carbocycles. The highest BCUT2D eigenvalue weighted by Gasteiger charge is 2.27. The third-order valence-corrected chi connectivity index (χ3v) is 5.02. The van der Waals surface area contributed by atoms with Crippen molar-refractivity contribution >= 4 is 15.9 Å². The van der Waals surface area contributed by atoms with Crippen LogP contribution in [-0.4, -0.2) is 33.0 Å². The summed E-state index contributed by atoms with van der Waals surface area (Å²) < 4.78 is 32.3. The molecule has 1 rings (SSSR count). The van der Waals surface area contributed by atoms with E-state index < -0.39 is 10.0 Å². The van der Waals surface area contributed by atoms with E-state index in [1.54, 1.807) is 12.1 Å². The van der Waals surface area contributed by atoms with Gasteiger partial charge in [0.2, 0.25) is 15.9 Å². The first-order chi connectivity index (χ1) is 11.8. The van der Waals surface area contributed by atoms with Gasteiger partial charge in [0.15, 0.2) is 0 Å². The van der Waals surface area contributed by atoms with Crippen molar-refractivity contribution in [2.45, 2.75) is 64.8 Å². The molecule has 1 aromatic rings. The summed E-state index contributed by atoms with van der Waals surface area (Å²) in [4.78, 5) is 12.3. The molecule has 0 fully saturated rings. The van der Waals surface area contributed by atoms with Crippen LogP contribution in [0.2, 0.25) is 0 Å². The van der Waals surface area contributed by atoms with Crippen LogP contribution in [0, 0.1) is 5.41 Å². The van der Waals surface area contributed by atoms with Gasteiger partial charge in [-0.3, -0.25) is 4.79 Å². The molecule has 1 amide bonds. The third-order valence-electron chi connectivity index (χ3n) is 3.54. The smallest absolute Gasteiger partial charge is 0.240 e.